The molecular formula is C15H20F2N2O2. The fourth-order valence-electron chi connectivity index (χ4n) is 2.60. The largest absolute Gasteiger partial charge is 0.468 e. The average Bonchev–Trinajstić information content (AvgIpc) is 2.77. The van der Waals surface area contributed by atoms with Crippen LogP contribution in [0.3, 0.4) is 0 Å². The molecule has 1 unspecified atom stereocenters. The van der Waals surface area contributed by atoms with Gasteiger partial charge in [0.25, 0.3) is 6.43 Å². The van der Waals surface area contributed by atoms with Gasteiger partial charge in [0.2, 0.25) is 0 Å². The van der Waals surface area contributed by atoms with Crippen LogP contribution in [0.25, 0.3) is 0 Å². The summed E-state index contributed by atoms with van der Waals surface area (Å²) in [6.45, 7) is 3.06. The zero-order valence-electron chi connectivity index (χ0n) is 12.0. The van der Waals surface area contributed by atoms with E-state index in [1.54, 1.807) is 12.1 Å². The van der Waals surface area contributed by atoms with Gasteiger partial charge in [-0.2, -0.15) is 0 Å². The van der Waals surface area contributed by atoms with Gasteiger partial charge in [0.1, 0.15) is 6.04 Å². The number of hydrogen-bond donors (Lipinski definition) is 1. The molecule has 0 bridgehead atoms. The number of ether oxygens (including phenoxy) is 1. The molecule has 1 aromatic carbocycles. The third-order valence-corrected chi connectivity index (χ3v) is 3.64. The van der Waals surface area contributed by atoms with Gasteiger partial charge in [-0.05, 0) is 24.6 Å². The topological polar surface area (TPSA) is 41.6 Å². The third kappa shape index (κ3) is 3.98. The summed E-state index contributed by atoms with van der Waals surface area (Å²) >= 11 is 0. The van der Waals surface area contributed by atoms with E-state index in [2.05, 4.69) is 5.32 Å². The number of benzene rings is 1. The Morgan fingerprint density at radius 3 is 2.76 bits per heavy atom. The van der Waals surface area contributed by atoms with Gasteiger partial charge in [0.15, 0.2) is 0 Å². The minimum Gasteiger partial charge on any atom is -0.468 e. The molecule has 6 heteroatoms. The van der Waals surface area contributed by atoms with Crippen molar-refractivity contribution in [2.75, 3.05) is 33.3 Å². The molecular weight excluding hydrogens is 278 g/mol. The molecule has 1 N–H and O–H groups in total. The third-order valence-electron chi connectivity index (χ3n) is 3.64. The van der Waals surface area contributed by atoms with Gasteiger partial charge in [-0.15, -0.1) is 0 Å². The Morgan fingerprint density at radius 1 is 1.29 bits per heavy atom. The molecule has 116 valence electrons. The maximum absolute atomic E-state index is 12.9. The minimum atomic E-state index is -2.55. The summed E-state index contributed by atoms with van der Waals surface area (Å²) in [5, 5.41) is 3.26. The molecule has 0 spiro atoms. The molecule has 1 heterocycles. The molecule has 1 saturated heterocycles. The molecule has 1 aliphatic heterocycles. The van der Waals surface area contributed by atoms with Crippen LogP contribution < -0.4 is 5.32 Å². The first-order chi connectivity index (χ1) is 10.1. The molecule has 0 aromatic heterocycles. The summed E-state index contributed by atoms with van der Waals surface area (Å²) < 4.78 is 30.6. The van der Waals surface area contributed by atoms with Crippen molar-refractivity contribution >= 4 is 5.97 Å². The van der Waals surface area contributed by atoms with Crippen LogP contribution in [0.2, 0.25) is 0 Å². The van der Waals surface area contributed by atoms with Gasteiger partial charge in [-0.1, -0.05) is 18.2 Å². The van der Waals surface area contributed by atoms with Crippen LogP contribution in [-0.4, -0.2) is 44.2 Å². The molecule has 2 rings (SSSR count). The predicted molar refractivity (Wildman–Crippen MR) is 75.2 cm³/mol. The molecule has 1 atom stereocenters. The first-order valence-corrected chi connectivity index (χ1v) is 7.04. The van der Waals surface area contributed by atoms with Gasteiger partial charge >= 0.3 is 5.97 Å². The smallest absolute Gasteiger partial charge is 0.327 e. The SMILES string of the molecule is COC(=O)C(c1cccc(C(F)F)c1)N1CCCNCC1. The quantitative estimate of drug-likeness (QED) is 0.865. The number of nitrogens with zero attached hydrogens (tertiary/aromatic N) is 1. The highest BCUT2D eigenvalue weighted by molar-refractivity contribution is 5.77. The average molecular weight is 298 g/mol. The van der Waals surface area contributed by atoms with Crippen LogP contribution in [0.15, 0.2) is 24.3 Å². The molecule has 0 amide bonds. The van der Waals surface area contributed by atoms with E-state index in [-0.39, 0.29) is 5.56 Å². The van der Waals surface area contributed by atoms with E-state index in [4.69, 9.17) is 4.74 Å². The summed E-state index contributed by atoms with van der Waals surface area (Å²) in [4.78, 5) is 14.1. The lowest BCUT2D eigenvalue weighted by Gasteiger charge is -2.28. The molecule has 1 aromatic rings. The van der Waals surface area contributed by atoms with Crippen molar-refractivity contribution in [2.24, 2.45) is 0 Å². The normalized spacial score (nSPS) is 18.3. The first kappa shape index (κ1) is 15.9. The number of carbonyl (C=O) groups is 1. The molecule has 21 heavy (non-hydrogen) atoms. The van der Waals surface area contributed by atoms with Crippen molar-refractivity contribution in [2.45, 2.75) is 18.9 Å². The second kappa shape index (κ2) is 7.47. The van der Waals surface area contributed by atoms with E-state index >= 15 is 0 Å². The van der Waals surface area contributed by atoms with Gasteiger partial charge in [0.05, 0.1) is 7.11 Å². The van der Waals surface area contributed by atoms with E-state index in [9.17, 15) is 13.6 Å². The maximum Gasteiger partial charge on any atom is 0.327 e. The number of hydrogen-bond acceptors (Lipinski definition) is 4. The van der Waals surface area contributed by atoms with Crippen LogP contribution >= 0.6 is 0 Å². The van der Waals surface area contributed by atoms with Crippen LogP contribution in [0.5, 0.6) is 0 Å². The molecule has 0 aliphatic carbocycles. The highest BCUT2D eigenvalue weighted by Gasteiger charge is 2.29. The van der Waals surface area contributed by atoms with Crippen molar-refractivity contribution in [3.8, 4) is 0 Å². The Labute approximate surface area is 123 Å². The molecule has 0 saturated carbocycles. The van der Waals surface area contributed by atoms with Crippen LogP contribution in [-0.2, 0) is 9.53 Å². The second-order valence-corrected chi connectivity index (χ2v) is 5.04. The zero-order chi connectivity index (χ0) is 15.2. The summed E-state index contributed by atoms with van der Waals surface area (Å²) in [6.07, 6.45) is -1.64. The van der Waals surface area contributed by atoms with E-state index < -0.39 is 18.4 Å². The lowest BCUT2D eigenvalue weighted by atomic mass is 10.0. The van der Waals surface area contributed by atoms with Gasteiger partial charge in [-0.25, -0.2) is 13.6 Å². The van der Waals surface area contributed by atoms with E-state index in [0.29, 0.717) is 12.1 Å². The Bertz CT molecular complexity index is 474. The van der Waals surface area contributed by atoms with Crippen LogP contribution in [0, 0.1) is 0 Å². The summed E-state index contributed by atoms with van der Waals surface area (Å²) in [5.41, 5.74) is 0.482. The Balaban J connectivity index is 2.30. The van der Waals surface area contributed by atoms with E-state index in [0.717, 1.165) is 26.1 Å². The highest BCUT2D eigenvalue weighted by atomic mass is 19.3. The monoisotopic (exact) mass is 298 g/mol. The highest BCUT2D eigenvalue weighted by Crippen LogP contribution is 2.27. The lowest BCUT2D eigenvalue weighted by molar-refractivity contribution is -0.147. The fourth-order valence-corrected chi connectivity index (χ4v) is 2.60. The molecule has 0 radical (unpaired) electrons. The predicted octanol–water partition coefficient (Wildman–Crippen LogP) is 2.13. The second-order valence-electron chi connectivity index (χ2n) is 5.04. The van der Waals surface area contributed by atoms with Crippen molar-refractivity contribution in [1.82, 2.24) is 10.2 Å². The van der Waals surface area contributed by atoms with Crippen LogP contribution in [0.1, 0.15) is 30.0 Å². The van der Waals surface area contributed by atoms with Gasteiger partial charge in [0, 0.05) is 25.2 Å². The first-order valence-electron chi connectivity index (χ1n) is 7.04. The van der Waals surface area contributed by atoms with E-state index in [1.165, 1.54) is 19.2 Å². The molecule has 1 fully saturated rings. The van der Waals surface area contributed by atoms with Crippen molar-refractivity contribution in [3.05, 3.63) is 35.4 Å². The van der Waals surface area contributed by atoms with E-state index in [1.807, 2.05) is 4.90 Å². The lowest BCUT2D eigenvalue weighted by Crippen LogP contribution is -2.37. The molecule has 4 nitrogen and oxygen atoms in total. The van der Waals surface area contributed by atoms with Crippen molar-refractivity contribution in [3.63, 3.8) is 0 Å². The summed E-state index contributed by atoms with van der Waals surface area (Å²) in [5.74, 6) is -0.414. The Hall–Kier alpha value is -1.53. The fraction of sp³-hybridized carbons (Fsp3) is 0.533. The minimum absolute atomic E-state index is 0.0747. The van der Waals surface area contributed by atoms with Gasteiger partial charge < -0.3 is 10.1 Å². The number of alkyl halides is 2. The Morgan fingerprint density at radius 2 is 2.05 bits per heavy atom. The number of nitrogens with one attached hydrogen (secondary N) is 1. The summed E-state index contributed by atoms with van der Waals surface area (Å²) in [7, 11) is 1.32. The number of methoxy groups -OCH3 is 1. The Kier molecular flexibility index (Phi) is 5.64. The summed E-state index contributed by atoms with van der Waals surface area (Å²) in [6, 6.07) is 5.39. The zero-order valence-corrected chi connectivity index (χ0v) is 12.0. The van der Waals surface area contributed by atoms with Crippen molar-refractivity contribution in [1.29, 1.82) is 0 Å². The van der Waals surface area contributed by atoms with Crippen LogP contribution in [0.4, 0.5) is 8.78 Å². The number of esters is 1. The number of rotatable bonds is 4. The van der Waals surface area contributed by atoms with Crippen molar-refractivity contribution < 1.29 is 18.3 Å². The maximum atomic E-state index is 12.9. The molecule has 1 aliphatic rings. The standard InChI is InChI=1S/C15H20F2N2O2/c1-21-15(20)13(19-8-3-6-18-7-9-19)11-4-2-5-12(10-11)14(16)17/h2,4-5,10,13-14,18H,3,6-9H2,1H3. The van der Waals surface area contributed by atoms with Gasteiger partial charge in [-0.3, -0.25) is 4.90 Å². The number of carbonyl (C=O) groups excluding carboxylic acids is 1. The number of halogens is 2.